The molecule has 1 aliphatic carbocycles. The lowest BCUT2D eigenvalue weighted by molar-refractivity contribution is -2.00. The fourth-order valence-corrected chi connectivity index (χ4v) is 4.43. The van der Waals surface area contributed by atoms with Crippen molar-refractivity contribution in [3.8, 4) is 28.1 Å². The molecular weight excluding hydrogens is 438 g/mol. The van der Waals surface area contributed by atoms with E-state index in [1.54, 1.807) is 0 Å². The van der Waals surface area contributed by atoms with Crippen LogP contribution in [-0.2, 0) is 12.8 Å². The largest absolute Gasteiger partial charge is 0.222 e. The van der Waals surface area contributed by atoms with Gasteiger partial charge in [0, 0.05) is 35.7 Å². The van der Waals surface area contributed by atoms with Crippen LogP contribution in [0.25, 0.3) is 28.1 Å². The van der Waals surface area contributed by atoms with E-state index in [2.05, 4.69) is 102 Å². The Labute approximate surface area is 195 Å². The molecule has 4 aromatic rings. The van der Waals surface area contributed by atoms with Gasteiger partial charge in [-0.05, 0) is 42.5 Å². The fourth-order valence-electron chi connectivity index (χ4n) is 4.43. The zero-order valence-corrected chi connectivity index (χ0v) is 18.8. The summed E-state index contributed by atoms with van der Waals surface area (Å²) in [6.45, 7) is 0. The van der Waals surface area contributed by atoms with Gasteiger partial charge >= 0.3 is 0 Å². The summed E-state index contributed by atoms with van der Waals surface area (Å²) in [4.78, 5) is 0. The molecule has 0 amide bonds. The molecule has 1 aliphatic rings. The third-order valence-corrected chi connectivity index (χ3v) is 5.72. The van der Waals surface area contributed by atoms with Gasteiger partial charge in [-0.1, -0.05) is 66.7 Å². The van der Waals surface area contributed by atoms with Crippen molar-refractivity contribution in [2.45, 2.75) is 25.7 Å². The molecule has 0 N–H and O–H groups in total. The zero-order valence-electron chi connectivity index (χ0n) is 18.0. The van der Waals surface area contributed by atoms with Gasteiger partial charge in [-0.25, -0.2) is 18.6 Å². The van der Waals surface area contributed by atoms with Crippen LogP contribution in [-0.4, -0.2) is 0 Å². The summed E-state index contributed by atoms with van der Waals surface area (Å²) in [6.07, 6.45) is 4.81. The molecule has 0 fully saturated rings. The number of rotatable bonds is 3. The minimum Gasteiger partial charge on any atom is -0.222 e. The van der Waals surface area contributed by atoms with Crippen LogP contribution in [0.15, 0.2) is 97.1 Å². The molecule has 0 bridgehead atoms. The first kappa shape index (κ1) is 23.1. The Kier molecular flexibility index (Phi) is 7.18. The van der Waals surface area contributed by atoms with Crippen molar-refractivity contribution in [1.82, 2.24) is 0 Å². The van der Waals surface area contributed by atoms with E-state index in [9.17, 15) is 0 Å². The fraction of sp³-hybridized carbons (Fsp3) is 0.148. The minimum atomic E-state index is -4.94. The molecule has 0 unspecified atom stereocenters. The van der Waals surface area contributed by atoms with E-state index in [1.165, 1.54) is 52.2 Å². The molecule has 0 saturated carbocycles. The lowest BCUT2D eigenvalue weighted by Gasteiger charge is -2.20. The highest BCUT2D eigenvalue weighted by molar-refractivity contribution is 5.73. The molecule has 168 valence electrons. The highest BCUT2D eigenvalue weighted by Gasteiger charge is 2.29. The SMILES string of the molecule is [O-][Cl+3]([O-])([O-])[O-].c1ccc(-c2cc(-c3ccccc3)[n+](-c3ccccc3)c3c2CCCC3)cc1. The Morgan fingerprint density at radius 3 is 1.67 bits per heavy atom. The third kappa shape index (κ3) is 5.85. The maximum absolute atomic E-state index is 8.49. The van der Waals surface area contributed by atoms with Crippen molar-refractivity contribution >= 4 is 0 Å². The van der Waals surface area contributed by atoms with Crippen LogP contribution in [0.3, 0.4) is 0 Å². The first-order chi connectivity index (χ1) is 15.9. The van der Waals surface area contributed by atoms with Crippen molar-refractivity contribution in [2.75, 3.05) is 0 Å². The summed E-state index contributed by atoms with van der Waals surface area (Å²) in [5, 5.41) is 0. The van der Waals surface area contributed by atoms with Crippen molar-refractivity contribution in [2.24, 2.45) is 0 Å². The number of benzene rings is 3. The quantitative estimate of drug-likeness (QED) is 0.431. The van der Waals surface area contributed by atoms with E-state index in [0.29, 0.717) is 0 Å². The molecule has 3 aromatic carbocycles. The molecule has 5 rings (SSSR count). The summed E-state index contributed by atoms with van der Waals surface area (Å²) < 4.78 is 36.5. The molecule has 0 saturated heterocycles. The topological polar surface area (TPSA) is 96.1 Å². The smallest absolute Gasteiger partial charge is 0.219 e. The average Bonchev–Trinajstić information content (AvgIpc) is 2.83. The number of nitrogens with zero attached hydrogens (tertiary/aromatic N) is 1. The van der Waals surface area contributed by atoms with E-state index >= 15 is 0 Å². The first-order valence-electron chi connectivity index (χ1n) is 10.8. The van der Waals surface area contributed by atoms with Crippen molar-refractivity contribution < 1.29 is 33.4 Å². The van der Waals surface area contributed by atoms with E-state index < -0.39 is 10.2 Å². The Hall–Kier alpha value is -3.06. The Balaban J connectivity index is 0.000000471. The number of halogens is 1. The van der Waals surface area contributed by atoms with Gasteiger partial charge in [-0.3, -0.25) is 0 Å². The molecule has 0 spiro atoms. The summed E-state index contributed by atoms with van der Waals surface area (Å²) in [7, 11) is -4.94. The maximum Gasteiger partial charge on any atom is 0.219 e. The Morgan fingerprint density at radius 1 is 0.606 bits per heavy atom. The molecule has 1 aromatic heterocycles. The third-order valence-electron chi connectivity index (χ3n) is 5.72. The van der Waals surface area contributed by atoms with Crippen LogP contribution in [0.1, 0.15) is 24.1 Å². The number of para-hydroxylation sites is 1. The van der Waals surface area contributed by atoms with E-state index in [1.807, 2.05) is 0 Å². The number of fused-ring (bicyclic) bond motifs is 1. The molecule has 5 nitrogen and oxygen atoms in total. The van der Waals surface area contributed by atoms with Gasteiger partial charge in [0.2, 0.25) is 11.4 Å². The number of aromatic nitrogens is 1. The summed E-state index contributed by atoms with van der Waals surface area (Å²) >= 11 is 0. The van der Waals surface area contributed by atoms with E-state index in [0.717, 1.165) is 12.8 Å². The highest BCUT2D eigenvalue weighted by Crippen LogP contribution is 2.34. The van der Waals surface area contributed by atoms with E-state index in [-0.39, 0.29) is 0 Å². The van der Waals surface area contributed by atoms with Crippen LogP contribution in [0.5, 0.6) is 0 Å². The highest BCUT2D eigenvalue weighted by atomic mass is 35.7. The average molecular weight is 462 g/mol. The van der Waals surface area contributed by atoms with Crippen LogP contribution in [0, 0.1) is 10.2 Å². The second kappa shape index (κ2) is 10.3. The van der Waals surface area contributed by atoms with Crippen molar-refractivity contribution in [3.63, 3.8) is 0 Å². The van der Waals surface area contributed by atoms with Crippen LogP contribution < -0.4 is 23.2 Å². The standard InChI is InChI=1S/C27H24N.ClHO4/c1-4-12-21(13-5-1)25-20-27(22-14-6-2-7-15-22)28(23-16-8-3-9-17-23)26-19-11-10-18-24(25)26;2-1(3,4)5/h1-9,12-17,20H,10-11,18-19H2;(H,2,3,4,5)/q+1;/p-1. The van der Waals surface area contributed by atoms with Crippen LogP contribution in [0.4, 0.5) is 0 Å². The van der Waals surface area contributed by atoms with Crippen LogP contribution >= 0.6 is 0 Å². The van der Waals surface area contributed by atoms with E-state index in [4.69, 9.17) is 18.6 Å². The number of hydrogen-bond donors (Lipinski definition) is 0. The number of pyridine rings is 1. The first-order valence-corrected chi connectivity index (χ1v) is 12.0. The lowest BCUT2D eigenvalue weighted by atomic mass is 9.87. The number of hydrogen-bond acceptors (Lipinski definition) is 4. The molecule has 1 heterocycles. The maximum atomic E-state index is 8.49. The van der Waals surface area contributed by atoms with Gasteiger partial charge < -0.3 is 0 Å². The van der Waals surface area contributed by atoms with Gasteiger partial charge in [0.1, 0.15) is 0 Å². The van der Waals surface area contributed by atoms with Crippen molar-refractivity contribution in [1.29, 1.82) is 0 Å². The summed E-state index contributed by atoms with van der Waals surface area (Å²) in [6, 6.07) is 34.9. The van der Waals surface area contributed by atoms with Gasteiger partial charge in [0.05, 0.1) is 0 Å². The predicted molar refractivity (Wildman–Crippen MR) is 115 cm³/mol. The normalized spacial score (nSPS) is 13.0. The van der Waals surface area contributed by atoms with Gasteiger partial charge in [-0.2, -0.15) is 4.57 Å². The minimum absolute atomic E-state index is 1.13. The summed E-state index contributed by atoms with van der Waals surface area (Å²) in [5.41, 5.74) is 9.47. The molecule has 33 heavy (non-hydrogen) atoms. The molecule has 0 radical (unpaired) electrons. The monoisotopic (exact) mass is 461 g/mol. The molecular formula is C27H24ClNO4. The summed E-state index contributed by atoms with van der Waals surface area (Å²) in [5.74, 6) is 0. The van der Waals surface area contributed by atoms with Crippen LogP contribution in [0.2, 0.25) is 0 Å². The second-order valence-corrected chi connectivity index (χ2v) is 8.61. The second-order valence-electron chi connectivity index (χ2n) is 7.86. The van der Waals surface area contributed by atoms with Gasteiger partial charge in [0.15, 0.2) is 5.69 Å². The van der Waals surface area contributed by atoms with Gasteiger partial charge in [-0.15, -0.1) is 10.2 Å². The predicted octanol–water partition coefficient (Wildman–Crippen LogP) is 1.42. The van der Waals surface area contributed by atoms with Gasteiger partial charge in [0.25, 0.3) is 0 Å². The Morgan fingerprint density at radius 2 is 1.09 bits per heavy atom. The molecule has 0 aliphatic heterocycles. The van der Waals surface area contributed by atoms with Crippen molar-refractivity contribution in [3.05, 3.63) is 108 Å². The lowest BCUT2D eigenvalue weighted by Crippen LogP contribution is -2.68. The molecule has 0 atom stereocenters. The Bertz CT molecular complexity index is 1190. The molecule has 6 heteroatoms. The zero-order chi connectivity index (χ0) is 23.3.